The van der Waals surface area contributed by atoms with Crippen LogP contribution in [0.15, 0.2) is 34.7 Å². The van der Waals surface area contributed by atoms with Gasteiger partial charge in [-0.25, -0.2) is 0 Å². The molecule has 0 unspecified atom stereocenters. The Morgan fingerprint density at radius 3 is 2.72 bits per heavy atom. The third kappa shape index (κ3) is 3.05. The van der Waals surface area contributed by atoms with E-state index in [-0.39, 0.29) is 5.75 Å². The second-order valence-electron chi connectivity index (χ2n) is 4.11. The molecule has 0 saturated carbocycles. The first-order chi connectivity index (χ1) is 8.69. The number of benzene rings is 1. The smallest absolute Gasteiger partial charge is 0.120 e. The largest absolute Gasteiger partial charge is 0.508 e. The van der Waals surface area contributed by atoms with Crippen LogP contribution in [0.1, 0.15) is 17.1 Å². The number of hydrogen-bond donors (Lipinski definition) is 2. The summed E-state index contributed by atoms with van der Waals surface area (Å²) >= 11 is 0. The summed E-state index contributed by atoms with van der Waals surface area (Å²) < 4.78 is 10.6. The first-order valence-electron chi connectivity index (χ1n) is 5.81. The van der Waals surface area contributed by atoms with Gasteiger partial charge in [0.05, 0.1) is 13.7 Å². The van der Waals surface area contributed by atoms with Gasteiger partial charge in [0, 0.05) is 12.1 Å². The minimum absolute atomic E-state index is 0.263. The van der Waals surface area contributed by atoms with E-state index in [0.717, 1.165) is 22.8 Å². The zero-order valence-corrected chi connectivity index (χ0v) is 10.6. The predicted octanol–water partition coefficient (Wildman–Crippen LogP) is 2.59. The Hall–Kier alpha value is -1.94. The molecule has 2 N–H and O–H groups in total. The number of aryl methyl sites for hydroxylation is 1. The Morgan fingerprint density at radius 1 is 1.22 bits per heavy atom. The van der Waals surface area contributed by atoms with Crippen LogP contribution in [-0.2, 0) is 13.1 Å². The first-order valence-corrected chi connectivity index (χ1v) is 5.81. The van der Waals surface area contributed by atoms with Crippen molar-refractivity contribution in [3.05, 3.63) is 47.4 Å². The van der Waals surface area contributed by atoms with Crippen LogP contribution in [-0.4, -0.2) is 12.2 Å². The Morgan fingerprint density at radius 2 is 2.06 bits per heavy atom. The van der Waals surface area contributed by atoms with Crippen molar-refractivity contribution in [3.63, 3.8) is 0 Å². The van der Waals surface area contributed by atoms with E-state index in [1.807, 2.05) is 25.1 Å². The second-order valence-corrected chi connectivity index (χ2v) is 4.11. The van der Waals surface area contributed by atoms with Crippen LogP contribution >= 0.6 is 0 Å². The number of hydrogen-bond acceptors (Lipinski definition) is 4. The Bertz CT molecular complexity index is 520. The lowest BCUT2D eigenvalue weighted by molar-refractivity contribution is 0.409. The molecule has 0 radical (unpaired) electrons. The summed E-state index contributed by atoms with van der Waals surface area (Å²) in [7, 11) is 1.61. The number of furan rings is 1. The van der Waals surface area contributed by atoms with Crippen molar-refractivity contribution in [2.45, 2.75) is 20.0 Å². The van der Waals surface area contributed by atoms with E-state index >= 15 is 0 Å². The average Bonchev–Trinajstić information content (AvgIpc) is 2.77. The zero-order valence-electron chi connectivity index (χ0n) is 10.6. The van der Waals surface area contributed by atoms with Crippen LogP contribution in [0.2, 0.25) is 0 Å². The fraction of sp³-hybridized carbons (Fsp3) is 0.286. The summed E-state index contributed by atoms with van der Waals surface area (Å²) in [6.45, 7) is 3.10. The minimum atomic E-state index is 0.263. The molecule has 96 valence electrons. The van der Waals surface area contributed by atoms with Gasteiger partial charge in [-0.1, -0.05) is 0 Å². The summed E-state index contributed by atoms with van der Waals surface area (Å²) in [5.41, 5.74) is 0.803. The van der Waals surface area contributed by atoms with E-state index in [9.17, 15) is 5.11 Å². The number of rotatable bonds is 5. The quantitative estimate of drug-likeness (QED) is 0.852. The van der Waals surface area contributed by atoms with Crippen LogP contribution in [0.4, 0.5) is 0 Å². The third-order valence-corrected chi connectivity index (χ3v) is 2.70. The molecule has 0 fully saturated rings. The molecular formula is C14H17NO3. The maximum Gasteiger partial charge on any atom is 0.120 e. The standard InChI is InChI=1S/C14H17NO3/c1-10-3-4-13(18-10)9-15-8-11-7-12(17-2)5-6-14(11)16/h3-7,15-16H,8-9H2,1-2H3. The van der Waals surface area contributed by atoms with Gasteiger partial charge in [0.25, 0.3) is 0 Å². The van der Waals surface area contributed by atoms with Crippen LogP contribution < -0.4 is 10.1 Å². The van der Waals surface area contributed by atoms with E-state index in [4.69, 9.17) is 9.15 Å². The molecule has 1 heterocycles. The van der Waals surface area contributed by atoms with Crippen molar-refractivity contribution < 1.29 is 14.3 Å². The van der Waals surface area contributed by atoms with Crippen molar-refractivity contribution in [1.29, 1.82) is 0 Å². The topological polar surface area (TPSA) is 54.6 Å². The molecule has 2 aromatic rings. The highest BCUT2D eigenvalue weighted by atomic mass is 16.5. The SMILES string of the molecule is COc1ccc(O)c(CNCc2ccc(C)o2)c1. The van der Waals surface area contributed by atoms with Gasteiger partial charge in [0.2, 0.25) is 0 Å². The average molecular weight is 247 g/mol. The molecule has 0 saturated heterocycles. The lowest BCUT2D eigenvalue weighted by Crippen LogP contribution is -2.12. The molecule has 0 spiro atoms. The van der Waals surface area contributed by atoms with Gasteiger partial charge in [0.1, 0.15) is 23.0 Å². The van der Waals surface area contributed by atoms with E-state index in [2.05, 4.69) is 5.32 Å². The van der Waals surface area contributed by atoms with Crippen LogP contribution in [0.25, 0.3) is 0 Å². The summed E-state index contributed by atoms with van der Waals surface area (Å²) in [4.78, 5) is 0. The van der Waals surface area contributed by atoms with Crippen molar-refractivity contribution in [2.75, 3.05) is 7.11 Å². The van der Waals surface area contributed by atoms with Gasteiger partial charge in [-0.3, -0.25) is 0 Å². The molecule has 1 aromatic carbocycles. The molecule has 4 heteroatoms. The van der Waals surface area contributed by atoms with Gasteiger partial charge in [-0.2, -0.15) is 0 Å². The molecule has 0 amide bonds. The number of phenolic OH excluding ortho intramolecular Hbond substituents is 1. The van der Waals surface area contributed by atoms with E-state index in [1.54, 1.807) is 19.2 Å². The summed E-state index contributed by atoms with van der Waals surface area (Å²) in [5, 5.41) is 12.9. The number of nitrogens with one attached hydrogen (secondary N) is 1. The van der Waals surface area contributed by atoms with E-state index < -0.39 is 0 Å². The van der Waals surface area contributed by atoms with Gasteiger partial charge < -0.3 is 19.6 Å². The molecule has 18 heavy (non-hydrogen) atoms. The third-order valence-electron chi connectivity index (χ3n) is 2.70. The molecule has 0 aliphatic heterocycles. The molecule has 2 rings (SSSR count). The van der Waals surface area contributed by atoms with Crippen molar-refractivity contribution in [3.8, 4) is 11.5 Å². The molecule has 0 bridgehead atoms. The zero-order chi connectivity index (χ0) is 13.0. The molecular weight excluding hydrogens is 230 g/mol. The summed E-state index contributed by atoms with van der Waals surface area (Å²) in [5.74, 6) is 2.78. The predicted molar refractivity (Wildman–Crippen MR) is 68.6 cm³/mol. The molecule has 0 aliphatic rings. The van der Waals surface area contributed by atoms with Crippen LogP contribution in [0.5, 0.6) is 11.5 Å². The second kappa shape index (κ2) is 5.60. The maximum absolute atomic E-state index is 9.71. The highest BCUT2D eigenvalue weighted by molar-refractivity contribution is 5.39. The number of aromatic hydroxyl groups is 1. The van der Waals surface area contributed by atoms with E-state index in [1.165, 1.54) is 0 Å². The summed E-state index contributed by atoms with van der Waals surface area (Å²) in [6, 6.07) is 9.05. The fourth-order valence-corrected chi connectivity index (χ4v) is 1.73. The van der Waals surface area contributed by atoms with E-state index in [0.29, 0.717) is 13.1 Å². The monoisotopic (exact) mass is 247 g/mol. The molecule has 4 nitrogen and oxygen atoms in total. The molecule has 1 aromatic heterocycles. The minimum Gasteiger partial charge on any atom is -0.508 e. The van der Waals surface area contributed by atoms with Gasteiger partial charge >= 0.3 is 0 Å². The lowest BCUT2D eigenvalue weighted by atomic mass is 10.2. The lowest BCUT2D eigenvalue weighted by Gasteiger charge is -2.08. The highest BCUT2D eigenvalue weighted by Gasteiger charge is 2.04. The Labute approximate surface area is 106 Å². The van der Waals surface area contributed by atoms with Gasteiger partial charge in [-0.15, -0.1) is 0 Å². The van der Waals surface area contributed by atoms with Crippen molar-refractivity contribution in [2.24, 2.45) is 0 Å². The number of phenols is 1. The van der Waals surface area contributed by atoms with Gasteiger partial charge in [0.15, 0.2) is 0 Å². The Kier molecular flexibility index (Phi) is 3.89. The van der Waals surface area contributed by atoms with Crippen molar-refractivity contribution in [1.82, 2.24) is 5.32 Å². The van der Waals surface area contributed by atoms with Crippen LogP contribution in [0.3, 0.4) is 0 Å². The highest BCUT2D eigenvalue weighted by Crippen LogP contribution is 2.22. The van der Waals surface area contributed by atoms with Gasteiger partial charge in [-0.05, 0) is 37.3 Å². The molecule has 0 aliphatic carbocycles. The fourth-order valence-electron chi connectivity index (χ4n) is 1.73. The van der Waals surface area contributed by atoms with Crippen LogP contribution in [0, 0.1) is 6.92 Å². The van der Waals surface area contributed by atoms with Crippen molar-refractivity contribution >= 4 is 0 Å². The molecule has 0 atom stereocenters. The number of methoxy groups -OCH3 is 1. The summed E-state index contributed by atoms with van der Waals surface area (Å²) in [6.07, 6.45) is 0. The number of ether oxygens (including phenoxy) is 1. The maximum atomic E-state index is 9.71. The first kappa shape index (κ1) is 12.5. The normalized spacial score (nSPS) is 10.6. The Balaban J connectivity index is 1.93.